The quantitative estimate of drug-likeness (QED) is 0.447. The first-order valence-electron chi connectivity index (χ1n) is 6.14. The predicted octanol–water partition coefficient (Wildman–Crippen LogP) is 2.69. The molecule has 3 rings (SSSR count). The van der Waals surface area contributed by atoms with Crippen molar-refractivity contribution in [3.63, 3.8) is 0 Å². The summed E-state index contributed by atoms with van der Waals surface area (Å²) in [5, 5.41) is 0. The van der Waals surface area contributed by atoms with E-state index in [2.05, 4.69) is 0 Å². The maximum atomic E-state index is 12.2. The van der Waals surface area contributed by atoms with E-state index in [9.17, 15) is 4.79 Å². The molecule has 2 fully saturated rings. The van der Waals surface area contributed by atoms with Gasteiger partial charge in [0.15, 0.2) is 5.60 Å². The van der Waals surface area contributed by atoms with Gasteiger partial charge in [0, 0.05) is 0 Å². The van der Waals surface area contributed by atoms with Crippen LogP contribution in [0.4, 0.5) is 0 Å². The van der Waals surface area contributed by atoms with Crippen LogP contribution in [-0.2, 0) is 9.53 Å². The molecule has 1 aromatic rings. The van der Waals surface area contributed by atoms with Crippen LogP contribution in [0.1, 0.15) is 32.6 Å². The van der Waals surface area contributed by atoms with Crippen LogP contribution in [0.5, 0.6) is 5.75 Å². The van der Waals surface area contributed by atoms with E-state index >= 15 is 0 Å². The normalized spacial score (nSPS) is 34.9. The summed E-state index contributed by atoms with van der Waals surface area (Å²) in [5.41, 5.74) is -0.946. The molecule has 3 heteroatoms. The van der Waals surface area contributed by atoms with Gasteiger partial charge in [0.2, 0.25) is 0 Å². The molecule has 2 unspecified atom stereocenters. The highest BCUT2D eigenvalue weighted by molar-refractivity contribution is 5.86. The summed E-state index contributed by atoms with van der Waals surface area (Å²) in [7, 11) is 0. The Labute approximate surface area is 101 Å². The third-order valence-electron chi connectivity index (χ3n) is 3.93. The van der Waals surface area contributed by atoms with E-state index in [-0.39, 0.29) is 11.6 Å². The average Bonchev–Trinajstić information content (AvgIpc) is 2.98. The number of benzene rings is 1. The van der Waals surface area contributed by atoms with Crippen molar-refractivity contribution >= 4 is 5.97 Å². The molecular weight excluding hydrogens is 216 g/mol. The molecule has 0 aromatic heterocycles. The molecule has 0 N–H and O–H groups in total. The van der Waals surface area contributed by atoms with Crippen LogP contribution in [0, 0.1) is 0 Å². The number of carbonyl (C=O) groups excluding carboxylic acids is 1. The number of epoxide rings is 1. The minimum atomic E-state index is -0.666. The van der Waals surface area contributed by atoms with Crippen molar-refractivity contribution in [2.45, 2.75) is 43.8 Å². The van der Waals surface area contributed by atoms with E-state index < -0.39 is 5.60 Å². The van der Waals surface area contributed by atoms with Crippen LogP contribution in [0.15, 0.2) is 30.3 Å². The molecule has 2 atom stereocenters. The van der Waals surface area contributed by atoms with Gasteiger partial charge < -0.3 is 9.47 Å². The molecule has 0 spiro atoms. The third kappa shape index (κ3) is 1.57. The Morgan fingerprint density at radius 1 is 1.24 bits per heavy atom. The highest BCUT2D eigenvalue weighted by Crippen LogP contribution is 2.57. The Kier molecular flexibility index (Phi) is 2.26. The van der Waals surface area contributed by atoms with Gasteiger partial charge in [-0.2, -0.15) is 0 Å². The molecule has 17 heavy (non-hydrogen) atoms. The number of para-hydroxylation sites is 1. The van der Waals surface area contributed by atoms with E-state index in [0.717, 1.165) is 25.7 Å². The van der Waals surface area contributed by atoms with E-state index in [4.69, 9.17) is 9.47 Å². The predicted molar refractivity (Wildman–Crippen MR) is 62.8 cm³/mol. The van der Waals surface area contributed by atoms with Gasteiger partial charge in [0.05, 0.1) is 0 Å². The molecule has 1 aromatic carbocycles. The van der Waals surface area contributed by atoms with E-state index in [0.29, 0.717) is 5.75 Å². The number of carbonyl (C=O) groups is 1. The minimum absolute atomic E-state index is 0.231. The van der Waals surface area contributed by atoms with Crippen molar-refractivity contribution in [3.05, 3.63) is 30.3 Å². The topological polar surface area (TPSA) is 38.8 Å². The fourth-order valence-electron chi connectivity index (χ4n) is 2.80. The Balaban J connectivity index is 1.76. The lowest BCUT2D eigenvalue weighted by Crippen LogP contribution is -2.38. The monoisotopic (exact) mass is 232 g/mol. The number of ether oxygens (including phenoxy) is 2. The van der Waals surface area contributed by atoms with Crippen LogP contribution in [0.25, 0.3) is 0 Å². The molecule has 90 valence electrons. The lowest BCUT2D eigenvalue weighted by atomic mass is 9.80. The first-order chi connectivity index (χ1) is 8.16. The first kappa shape index (κ1) is 10.8. The van der Waals surface area contributed by atoms with Crippen molar-refractivity contribution < 1.29 is 14.3 Å². The maximum absolute atomic E-state index is 12.2. The summed E-state index contributed by atoms with van der Waals surface area (Å²) in [6.45, 7) is 2.01. The number of esters is 1. The molecule has 0 amide bonds. The summed E-state index contributed by atoms with van der Waals surface area (Å²) >= 11 is 0. The number of fused-ring (bicyclic) bond motifs is 1. The molecule has 1 saturated carbocycles. The van der Waals surface area contributed by atoms with Crippen molar-refractivity contribution in [3.8, 4) is 5.75 Å². The Morgan fingerprint density at radius 3 is 2.65 bits per heavy atom. The Morgan fingerprint density at radius 2 is 1.94 bits per heavy atom. The van der Waals surface area contributed by atoms with Crippen LogP contribution < -0.4 is 4.74 Å². The van der Waals surface area contributed by atoms with E-state index in [1.165, 1.54) is 0 Å². The molecular formula is C14H16O3. The highest BCUT2D eigenvalue weighted by Gasteiger charge is 2.73. The van der Waals surface area contributed by atoms with Gasteiger partial charge in [-0.05, 0) is 38.3 Å². The van der Waals surface area contributed by atoms with Gasteiger partial charge in [-0.25, -0.2) is 4.79 Å². The fraction of sp³-hybridized carbons (Fsp3) is 0.500. The average molecular weight is 232 g/mol. The van der Waals surface area contributed by atoms with E-state index in [1.807, 2.05) is 25.1 Å². The lowest BCUT2D eigenvalue weighted by molar-refractivity contribution is -0.141. The second-order valence-corrected chi connectivity index (χ2v) is 5.07. The number of rotatable bonds is 2. The molecule has 0 bridgehead atoms. The van der Waals surface area contributed by atoms with Gasteiger partial charge in [-0.1, -0.05) is 24.6 Å². The van der Waals surface area contributed by atoms with E-state index in [1.54, 1.807) is 12.1 Å². The van der Waals surface area contributed by atoms with Crippen LogP contribution >= 0.6 is 0 Å². The second kappa shape index (κ2) is 3.57. The van der Waals surface area contributed by atoms with Crippen LogP contribution in [-0.4, -0.2) is 17.2 Å². The van der Waals surface area contributed by atoms with Gasteiger partial charge in [0.25, 0.3) is 0 Å². The smallest absolute Gasteiger partial charge is 0.346 e. The standard InChI is InChI=1S/C14H16O3/c1-13-9-5-6-10-14(13,17-13)12(15)16-11-7-3-2-4-8-11/h2-4,7-8H,5-6,9-10H2,1H3. The van der Waals surface area contributed by atoms with Crippen LogP contribution in [0.2, 0.25) is 0 Å². The SMILES string of the molecule is CC12CCCCC1(C(=O)Oc1ccccc1)O2. The zero-order chi connectivity index (χ0) is 11.9. The molecule has 1 aliphatic carbocycles. The van der Waals surface area contributed by atoms with Crippen molar-refractivity contribution in [1.29, 1.82) is 0 Å². The molecule has 0 radical (unpaired) electrons. The van der Waals surface area contributed by atoms with Crippen molar-refractivity contribution in [1.82, 2.24) is 0 Å². The van der Waals surface area contributed by atoms with Crippen LogP contribution in [0.3, 0.4) is 0 Å². The number of hydrogen-bond donors (Lipinski definition) is 0. The lowest BCUT2D eigenvalue weighted by Gasteiger charge is -2.20. The third-order valence-corrected chi connectivity index (χ3v) is 3.93. The molecule has 2 aliphatic rings. The molecule has 1 saturated heterocycles. The van der Waals surface area contributed by atoms with Crippen molar-refractivity contribution in [2.75, 3.05) is 0 Å². The zero-order valence-corrected chi connectivity index (χ0v) is 9.94. The zero-order valence-electron chi connectivity index (χ0n) is 9.94. The summed E-state index contributed by atoms with van der Waals surface area (Å²) in [4.78, 5) is 12.2. The van der Waals surface area contributed by atoms with Gasteiger partial charge in [0.1, 0.15) is 11.4 Å². The van der Waals surface area contributed by atoms with Crippen molar-refractivity contribution in [2.24, 2.45) is 0 Å². The maximum Gasteiger partial charge on any atom is 0.346 e. The summed E-state index contributed by atoms with van der Waals surface area (Å²) in [5.74, 6) is 0.362. The second-order valence-electron chi connectivity index (χ2n) is 5.07. The summed E-state index contributed by atoms with van der Waals surface area (Å²) in [6, 6.07) is 9.18. The first-order valence-corrected chi connectivity index (χ1v) is 6.14. The number of hydrogen-bond acceptors (Lipinski definition) is 3. The van der Waals surface area contributed by atoms with Gasteiger partial charge in [-0.15, -0.1) is 0 Å². The Hall–Kier alpha value is -1.35. The largest absolute Gasteiger partial charge is 0.424 e. The summed E-state index contributed by atoms with van der Waals surface area (Å²) in [6.07, 6.45) is 3.92. The fourth-order valence-corrected chi connectivity index (χ4v) is 2.80. The highest BCUT2D eigenvalue weighted by atomic mass is 16.7. The van der Waals surface area contributed by atoms with Gasteiger partial charge in [-0.3, -0.25) is 0 Å². The minimum Gasteiger partial charge on any atom is -0.424 e. The molecule has 1 heterocycles. The Bertz CT molecular complexity index is 438. The van der Waals surface area contributed by atoms with Gasteiger partial charge >= 0.3 is 5.97 Å². The molecule has 3 nitrogen and oxygen atoms in total. The molecule has 1 aliphatic heterocycles. The summed E-state index contributed by atoms with van der Waals surface area (Å²) < 4.78 is 11.1.